The molecule has 0 aromatic heterocycles. The third kappa shape index (κ3) is 5.47. The molecule has 3 aromatic carbocycles. The Kier molecular flexibility index (Phi) is 7.82. The van der Waals surface area contributed by atoms with Crippen LogP contribution in [0.5, 0.6) is 5.75 Å². The maximum atomic E-state index is 12.1. The third-order valence-electron chi connectivity index (χ3n) is 8.17. The molecule has 2 heterocycles. The number of hydrazine groups is 2. The Labute approximate surface area is 231 Å². The maximum Gasteiger partial charge on any atom is 0.304 e. The van der Waals surface area contributed by atoms with Crippen molar-refractivity contribution >= 4 is 17.3 Å². The number of hydrogen-bond acceptors (Lipinski definition) is 6. The highest BCUT2D eigenvalue weighted by Gasteiger charge is 2.29. The van der Waals surface area contributed by atoms with Gasteiger partial charge in [0.1, 0.15) is 11.9 Å². The summed E-state index contributed by atoms with van der Waals surface area (Å²) in [5.41, 5.74) is 12.5. The second-order valence-electron chi connectivity index (χ2n) is 10.8. The van der Waals surface area contributed by atoms with Gasteiger partial charge in [-0.1, -0.05) is 49.4 Å². The average molecular weight is 529 g/mol. The number of rotatable bonds is 8. The lowest BCUT2D eigenvalue weighted by atomic mass is 9.84. The van der Waals surface area contributed by atoms with E-state index in [1.54, 1.807) is 0 Å². The topological polar surface area (TPSA) is 68.3 Å². The number of hydrogen-bond donors (Lipinski definition) is 2. The molecular weight excluding hydrogens is 488 g/mol. The Bertz CT molecular complexity index is 1360. The Morgan fingerprint density at radius 3 is 2.67 bits per heavy atom. The van der Waals surface area contributed by atoms with E-state index < -0.39 is 5.97 Å². The largest absolute Gasteiger partial charge is 0.489 e. The van der Waals surface area contributed by atoms with E-state index in [1.807, 2.05) is 18.1 Å². The van der Waals surface area contributed by atoms with Crippen LogP contribution in [0, 0.1) is 13.8 Å². The molecule has 5 rings (SSSR count). The van der Waals surface area contributed by atoms with E-state index in [4.69, 9.17) is 4.74 Å². The molecule has 3 aromatic rings. The number of nitrogens with zero attached hydrogens (tertiary/aromatic N) is 3. The summed E-state index contributed by atoms with van der Waals surface area (Å²) in [5, 5.41) is 14.1. The Hall–Kier alpha value is -3.55. The van der Waals surface area contributed by atoms with Crippen molar-refractivity contribution in [2.45, 2.75) is 65.6 Å². The van der Waals surface area contributed by atoms with E-state index in [0.717, 1.165) is 66.4 Å². The number of para-hydroxylation sites is 1. The van der Waals surface area contributed by atoms with Crippen LogP contribution in [0.4, 0.5) is 11.4 Å². The number of carboxylic acids is 1. The number of aliphatic carboxylic acids is 1. The Morgan fingerprint density at radius 1 is 1.13 bits per heavy atom. The van der Waals surface area contributed by atoms with Crippen LogP contribution in [-0.2, 0) is 17.9 Å². The molecule has 2 N–H and O–H groups in total. The van der Waals surface area contributed by atoms with Crippen LogP contribution in [0.15, 0.2) is 54.6 Å². The molecule has 206 valence electrons. The van der Waals surface area contributed by atoms with Crippen molar-refractivity contribution in [1.29, 1.82) is 0 Å². The standard InChI is InChI=1S/C32H40N4O3/c1-6-26-20-35(18-24-10-8-9-11-30(24)39-26)19-25-16-23(13-12-21(25)3)28(17-31(37)38)27-14-15-29-32(22(27)4)34(5)33-36(29)7-2/h8-16,26,28,33H,6-7,17-20H2,1-5H3,(H,37,38). The first-order valence-electron chi connectivity index (χ1n) is 14.0. The molecule has 39 heavy (non-hydrogen) atoms. The summed E-state index contributed by atoms with van der Waals surface area (Å²) in [6.45, 7) is 11.8. The lowest BCUT2D eigenvalue weighted by Gasteiger charge is -2.26. The normalized spacial score (nSPS) is 17.8. The number of carboxylic acid groups (broad SMARTS) is 1. The lowest BCUT2D eigenvalue weighted by molar-refractivity contribution is -0.137. The first-order valence-corrected chi connectivity index (χ1v) is 14.0. The summed E-state index contributed by atoms with van der Waals surface area (Å²) in [7, 11) is 2.01. The minimum Gasteiger partial charge on any atom is -0.489 e. The minimum atomic E-state index is -0.796. The van der Waals surface area contributed by atoms with Gasteiger partial charge in [-0.25, -0.2) is 0 Å². The predicted molar refractivity (Wildman–Crippen MR) is 156 cm³/mol. The van der Waals surface area contributed by atoms with Crippen molar-refractivity contribution in [3.63, 3.8) is 0 Å². The third-order valence-corrected chi connectivity index (χ3v) is 8.17. The molecule has 0 saturated heterocycles. The molecule has 0 aliphatic carbocycles. The van der Waals surface area contributed by atoms with Gasteiger partial charge in [0.2, 0.25) is 0 Å². The summed E-state index contributed by atoms with van der Waals surface area (Å²) in [6, 6.07) is 19.0. The highest BCUT2D eigenvalue weighted by Crippen LogP contribution is 2.42. The van der Waals surface area contributed by atoms with E-state index in [0.29, 0.717) is 0 Å². The highest BCUT2D eigenvalue weighted by atomic mass is 16.5. The molecule has 2 aliphatic heterocycles. The molecule has 2 atom stereocenters. The molecule has 2 unspecified atom stereocenters. The number of fused-ring (bicyclic) bond motifs is 2. The van der Waals surface area contributed by atoms with E-state index in [9.17, 15) is 9.90 Å². The van der Waals surface area contributed by atoms with Gasteiger partial charge in [-0.2, -0.15) is 0 Å². The van der Waals surface area contributed by atoms with Gasteiger partial charge in [0.25, 0.3) is 0 Å². The minimum absolute atomic E-state index is 0.0413. The zero-order chi connectivity index (χ0) is 27.7. The molecule has 0 amide bonds. The van der Waals surface area contributed by atoms with Crippen LogP contribution in [0.1, 0.15) is 66.0 Å². The number of anilines is 2. The molecule has 7 heteroatoms. The number of aryl methyl sites for hydroxylation is 1. The van der Waals surface area contributed by atoms with Crippen molar-refractivity contribution in [3.8, 4) is 5.75 Å². The second-order valence-corrected chi connectivity index (χ2v) is 10.8. The monoisotopic (exact) mass is 528 g/mol. The van der Waals surface area contributed by atoms with Crippen molar-refractivity contribution in [3.05, 3.63) is 88.0 Å². The smallest absolute Gasteiger partial charge is 0.304 e. The van der Waals surface area contributed by atoms with Gasteiger partial charge in [-0.3, -0.25) is 19.7 Å². The molecule has 7 nitrogen and oxygen atoms in total. The quantitative estimate of drug-likeness (QED) is 0.384. The fourth-order valence-corrected chi connectivity index (χ4v) is 6.04. The highest BCUT2D eigenvalue weighted by molar-refractivity contribution is 5.79. The van der Waals surface area contributed by atoms with Gasteiger partial charge in [0, 0.05) is 44.7 Å². The van der Waals surface area contributed by atoms with Crippen LogP contribution in [0.2, 0.25) is 0 Å². The zero-order valence-electron chi connectivity index (χ0n) is 23.7. The summed E-state index contributed by atoms with van der Waals surface area (Å²) < 4.78 is 6.32. The first kappa shape index (κ1) is 27.0. The van der Waals surface area contributed by atoms with Crippen LogP contribution in [0.3, 0.4) is 0 Å². The Morgan fingerprint density at radius 2 is 1.92 bits per heavy atom. The number of ether oxygens (including phenoxy) is 1. The van der Waals surface area contributed by atoms with E-state index >= 15 is 0 Å². The van der Waals surface area contributed by atoms with Crippen LogP contribution >= 0.6 is 0 Å². The van der Waals surface area contributed by atoms with Crippen LogP contribution in [-0.4, -0.2) is 42.2 Å². The van der Waals surface area contributed by atoms with E-state index in [1.165, 1.54) is 16.7 Å². The van der Waals surface area contributed by atoms with Crippen LogP contribution in [0.25, 0.3) is 0 Å². The predicted octanol–water partition coefficient (Wildman–Crippen LogP) is 5.78. The van der Waals surface area contributed by atoms with Crippen molar-refractivity contribution in [1.82, 2.24) is 10.4 Å². The average Bonchev–Trinajstić information content (AvgIpc) is 3.14. The van der Waals surface area contributed by atoms with Crippen molar-refractivity contribution in [2.75, 3.05) is 30.2 Å². The van der Waals surface area contributed by atoms with Gasteiger partial charge in [-0.05, 0) is 67.1 Å². The molecule has 0 radical (unpaired) electrons. The molecule has 0 saturated carbocycles. The van der Waals surface area contributed by atoms with E-state index in [-0.39, 0.29) is 18.4 Å². The number of carbonyl (C=O) groups is 1. The summed E-state index contributed by atoms with van der Waals surface area (Å²) in [5.74, 6) is -0.0596. The van der Waals surface area contributed by atoms with Gasteiger partial charge in [0.15, 0.2) is 0 Å². The summed E-state index contributed by atoms with van der Waals surface area (Å²) in [6.07, 6.45) is 1.12. The van der Waals surface area contributed by atoms with Gasteiger partial charge < -0.3 is 9.84 Å². The summed E-state index contributed by atoms with van der Waals surface area (Å²) in [4.78, 5) is 14.6. The summed E-state index contributed by atoms with van der Waals surface area (Å²) >= 11 is 0. The first-order chi connectivity index (χ1) is 18.8. The fourth-order valence-electron chi connectivity index (χ4n) is 6.04. The van der Waals surface area contributed by atoms with Gasteiger partial charge in [0.05, 0.1) is 17.8 Å². The molecule has 0 bridgehead atoms. The molecular formula is C32H40N4O3. The van der Waals surface area contributed by atoms with E-state index in [2.05, 4.69) is 91.7 Å². The van der Waals surface area contributed by atoms with Crippen LogP contribution < -0.4 is 20.3 Å². The van der Waals surface area contributed by atoms with Crippen molar-refractivity contribution in [2.24, 2.45) is 0 Å². The zero-order valence-corrected chi connectivity index (χ0v) is 23.7. The molecule has 2 aliphatic rings. The van der Waals surface area contributed by atoms with Crippen molar-refractivity contribution < 1.29 is 14.6 Å². The lowest BCUT2D eigenvalue weighted by Crippen LogP contribution is -2.42. The number of nitrogens with one attached hydrogen (secondary N) is 1. The van der Waals surface area contributed by atoms with Gasteiger partial charge >= 0.3 is 5.97 Å². The maximum absolute atomic E-state index is 12.1. The molecule has 0 fully saturated rings. The number of benzene rings is 3. The fraction of sp³-hybridized carbons (Fsp3) is 0.406. The van der Waals surface area contributed by atoms with Gasteiger partial charge in [-0.15, -0.1) is 5.53 Å². The Balaban J connectivity index is 1.49. The SMILES string of the molecule is CCC1CN(Cc2cc(C(CC(=O)O)c3ccc4c(c3C)N(C)NN4CC)ccc2C)Cc2ccccc2O1. The molecule has 0 spiro atoms. The second kappa shape index (κ2) is 11.3.